The van der Waals surface area contributed by atoms with Crippen LogP contribution in [0.5, 0.6) is 0 Å². The van der Waals surface area contributed by atoms with E-state index >= 15 is 0 Å². The Bertz CT molecular complexity index is 275. The molecule has 19 heavy (non-hydrogen) atoms. The molecule has 2 heterocycles. The molecule has 2 rings (SSSR count). The van der Waals surface area contributed by atoms with E-state index in [-0.39, 0.29) is 5.91 Å². The quantitative estimate of drug-likeness (QED) is 0.834. The van der Waals surface area contributed by atoms with Crippen molar-refractivity contribution >= 4 is 5.91 Å². The SMILES string of the molecule is CNCC(=O)N1CCCC(CN2CCCCCC2)C1. The molecule has 0 aromatic carbocycles. The summed E-state index contributed by atoms with van der Waals surface area (Å²) < 4.78 is 0. The monoisotopic (exact) mass is 267 g/mol. The van der Waals surface area contributed by atoms with Gasteiger partial charge in [0, 0.05) is 19.6 Å². The highest BCUT2D eigenvalue weighted by Gasteiger charge is 2.24. The summed E-state index contributed by atoms with van der Waals surface area (Å²) in [6.45, 7) is 6.13. The van der Waals surface area contributed by atoms with Crippen LogP contribution >= 0.6 is 0 Å². The van der Waals surface area contributed by atoms with Crippen LogP contribution < -0.4 is 5.32 Å². The number of carbonyl (C=O) groups excluding carboxylic acids is 1. The molecule has 0 saturated carbocycles. The third kappa shape index (κ3) is 4.77. The average molecular weight is 267 g/mol. The van der Waals surface area contributed by atoms with Crippen LogP contribution in [0.4, 0.5) is 0 Å². The molecule has 4 heteroatoms. The van der Waals surface area contributed by atoms with Gasteiger partial charge in [-0.2, -0.15) is 0 Å². The lowest BCUT2D eigenvalue weighted by atomic mass is 9.97. The van der Waals surface area contributed by atoms with Crippen molar-refractivity contribution in [1.82, 2.24) is 15.1 Å². The van der Waals surface area contributed by atoms with E-state index in [0.29, 0.717) is 12.5 Å². The van der Waals surface area contributed by atoms with Gasteiger partial charge in [0.15, 0.2) is 0 Å². The fraction of sp³-hybridized carbons (Fsp3) is 0.933. The summed E-state index contributed by atoms with van der Waals surface area (Å²) in [6.07, 6.45) is 7.97. The highest BCUT2D eigenvalue weighted by molar-refractivity contribution is 5.78. The summed E-state index contributed by atoms with van der Waals surface area (Å²) >= 11 is 0. The van der Waals surface area contributed by atoms with Crippen LogP contribution in [0.3, 0.4) is 0 Å². The molecular weight excluding hydrogens is 238 g/mol. The van der Waals surface area contributed by atoms with Crippen molar-refractivity contribution in [3.8, 4) is 0 Å². The van der Waals surface area contributed by atoms with Gasteiger partial charge in [0.05, 0.1) is 6.54 Å². The average Bonchev–Trinajstić information content (AvgIpc) is 2.68. The minimum absolute atomic E-state index is 0.267. The maximum absolute atomic E-state index is 11.9. The molecule has 0 aliphatic carbocycles. The van der Waals surface area contributed by atoms with Crippen molar-refractivity contribution in [1.29, 1.82) is 0 Å². The van der Waals surface area contributed by atoms with Gasteiger partial charge >= 0.3 is 0 Å². The van der Waals surface area contributed by atoms with Crippen LogP contribution in [0.2, 0.25) is 0 Å². The molecule has 0 radical (unpaired) electrons. The molecule has 2 aliphatic rings. The lowest BCUT2D eigenvalue weighted by Crippen LogP contribution is -2.46. The van der Waals surface area contributed by atoms with E-state index in [0.717, 1.165) is 13.1 Å². The van der Waals surface area contributed by atoms with E-state index in [4.69, 9.17) is 0 Å². The second kappa shape index (κ2) is 7.85. The van der Waals surface area contributed by atoms with Crippen LogP contribution in [-0.2, 0) is 4.79 Å². The minimum Gasteiger partial charge on any atom is -0.341 e. The van der Waals surface area contributed by atoms with Gasteiger partial charge in [0.25, 0.3) is 0 Å². The predicted octanol–water partition coefficient (Wildman–Crippen LogP) is 1.32. The number of carbonyl (C=O) groups is 1. The van der Waals surface area contributed by atoms with Crippen LogP contribution in [0.25, 0.3) is 0 Å². The lowest BCUT2D eigenvalue weighted by molar-refractivity contribution is -0.132. The normalized spacial score (nSPS) is 26.2. The van der Waals surface area contributed by atoms with Crippen molar-refractivity contribution in [3.63, 3.8) is 0 Å². The van der Waals surface area contributed by atoms with E-state index < -0.39 is 0 Å². The van der Waals surface area contributed by atoms with Crippen molar-refractivity contribution in [2.75, 3.05) is 46.3 Å². The lowest BCUT2D eigenvalue weighted by Gasteiger charge is -2.35. The summed E-state index contributed by atoms with van der Waals surface area (Å²) in [7, 11) is 1.84. The molecule has 0 aromatic heterocycles. The Balaban J connectivity index is 1.78. The number of rotatable bonds is 4. The third-order valence-electron chi connectivity index (χ3n) is 4.41. The number of nitrogens with zero attached hydrogens (tertiary/aromatic N) is 2. The maximum Gasteiger partial charge on any atom is 0.236 e. The number of hydrogen-bond donors (Lipinski definition) is 1. The van der Waals surface area contributed by atoms with Gasteiger partial charge in [-0.15, -0.1) is 0 Å². The first kappa shape index (κ1) is 14.8. The Hall–Kier alpha value is -0.610. The molecular formula is C15H29N3O. The molecule has 1 unspecified atom stereocenters. The zero-order chi connectivity index (χ0) is 13.5. The number of hydrogen-bond acceptors (Lipinski definition) is 3. The van der Waals surface area contributed by atoms with E-state index in [1.807, 2.05) is 7.05 Å². The Labute approximate surface area is 117 Å². The number of amides is 1. The summed E-state index contributed by atoms with van der Waals surface area (Å²) in [6, 6.07) is 0. The summed E-state index contributed by atoms with van der Waals surface area (Å²) in [4.78, 5) is 16.6. The molecule has 1 amide bonds. The fourth-order valence-electron chi connectivity index (χ4n) is 3.39. The molecule has 1 N–H and O–H groups in total. The van der Waals surface area contributed by atoms with Gasteiger partial charge < -0.3 is 15.1 Å². The van der Waals surface area contributed by atoms with Crippen molar-refractivity contribution in [3.05, 3.63) is 0 Å². The summed E-state index contributed by atoms with van der Waals surface area (Å²) in [5, 5.41) is 2.97. The number of piperidine rings is 1. The van der Waals surface area contributed by atoms with Crippen LogP contribution in [0.15, 0.2) is 0 Å². The van der Waals surface area contributed by atoms with Crippen molar-refractivity contribution < 1.29 is 4.79 Å². The molecule has 1 atom stereocenters. The molecule has 2 aliphatic heterocycles. The number of nitrogens with one attached hydrogen (secondary N) is 1. The molecule has 4 nitrogen and oxygen atoms in total. The van der Waals surface area contributed by atoms with Crippen molar-refractivity contribution in [2.45, 2.75) is 38.5 Å². The molecule has 2 saturated heterocycles. The molecule has 0 bridgehead atoms. The first-order chi connectivity index (χ1) is 9.29. The Morgan fingerprint density at radius 3 is 2.53 bits per heavy atom. The second-order valence-corrected chi connectivity index (χ2v) is 6.09. The molecule has 2 fully saturated rings. The van der Waals surface area contributed by atoms with Gasteiger partial charge in [-0.25, -0.2) is 0 Å². The highest BCUT2D eigenvalue weighted by Crippen LogP contribution is 2.19. The van der Waals surface area contributed by atoms with E-state index in [1.165, 1.54) is 58.2 Å². The Kier molecular flexibility index (Phi) is 6.11. The van der Waals surface area contributed by atoms with Gasteiger partial charge in [-0.1, -0.05) is 12.8 Å². The molecule has 0 spiro atoms. The van der Waals surface area contributed by atoms with Crippen LogP contribution in [0, 0.1) is 5.92 Å². The number of likely N-dealkylation sites (N-methyl/N-ethyl adjacent to an activating group) is 1. The largest absolute Gasteiger partial charge is 0.341 e. The van der Waals surface area contributed by atoms with Crippen molar-refractivity contribution in [2.24, 2.45) is 5.92 Å². The Morgan fingerprint density at radius 2 is 1.84 bits per heavy atom. The van der Waals surface area contributed by atoms with E-state index in [9.17, 15) is 4.79 Å². The van der Waals surface area contributed by atoms with Gasteiger partial charge in [0.2, 0.25) is 5.91 Å². The number of likely N-dealkylation sites (tertiary alicyclic amines) is 2. The third-order valence-corrected chi connectivity index (χ3v) is 4.41. The smallest absolute Gasteiger partial charge is 0.236 e. The van der Waals surface area contributed by atoms with Gasteiger partial charge in [-0.05, 0) is 51.7 Å². The molecule has 0 aromatic rings. The highest BCUT2D eigenvalue weighted by atomic mass is 16.2. The fourth-order valence-corrected chi connectivity index (χ4v) is 3.39. The zero-order valence-corrected chi connectivity index (χ0v) is 12.4. The van der Waals surface area contributed by atoms with E-state index in [1.54, 1.807) is 0 Å². The summed E-state index contributed by atoms with van der Waals surface area (Å²) in [5.41, 5.74) is 0. The Morgan fingerprint density at radius 1 is 1.11 bits per heavy atom. The minimum atomic E-state index is 0.267. The van der Waals surface area contributed by atoms with Gasteiger partial charge in [0.1, 0.15) is 0 Å². The maximum atomic E-state index is 11.9. The summed E-state index contributed by atoms with van der Waals surface area (Å²) in [5.74, 6) is 0.954. The topological polar surface area (TPSA) is 35.6 Å². The first-order valence-corrected chi connectivity index (χ1v) is 7.94. The van der Waals surface area contributed by atoms with Crippen LogP contribution in [0.1, 0.15) is 38.5 Å². The van der Waals surface area contributed by atoms with Crippen LogP contribution in [-0.4, -0.2) is 62.0 Å². The standard InChI is InChI=1S/C15H29N3O/c1-16-11-15(19)18-10-6-7-14(13-18)12-17-8-4-2-3-5-9-17/h14,16H,2-13H2,1H3. The zero-order valence-electron chi connectivity index (χ0n) is 12.4. The first-order valence-electron chi connectivity index (χ1n) is 7.94. The van der Waals surface area contributed by atoms with E-state index in [2.05, 4.69) is 15.1 Å². The second-order valence-electron chi connectivity index (χ2n) is 6.09. The molecule has 110 valence electrons. The predicted molar refractivity (Wildman–Crippen MR) is 78.1 cm³/mol. The van der Waals surface area contributed by atoms with Gasteiger partial charge in [-0.3, -0.25) is 4.79 Å².